The van der Waals surface area contributed by atoms with Crippen LogP contribution in [0, 0.1) is 6.92 Å². The van der Waals surface area contributed by atoms with E-state index in [0.29, 0.717) is 5.75 Å². The minimum Gasteiger partial charge on any atom is -0.496 e. The Morgan fingerprint density at radius 1 is 1.03 bits per heavy atom. The van der Waals surface area contributed by atoms with Crippen molar-refractivity contribution in [1.29, 1.82) is 0 Å². The first kappa shape index (κ1) is 23.7. The van der Waals surface area contributed by atoms with Crippen LogP contribution in [-0.2, 0) is 24.2 Å². The Morgan fingerprint density at radius 2 is 1.68 bits per heavy atom. The summed E-state index contributed by atoms with van der Waals surface area (Å²) in [6, 6.07) is 11.9. The topological polar surface area (TPSA) is 74.3 Å². The summed E-state index contributed by atoms with van der Waals surface area (Å²) in [5.41, 5.74) is 2.69. The zero-order chi connectivity index (χ0) is 22.8. The molecular weight excluding hydrogens is 418 g/mol. The van der Waals surface area contributed by atoms with Crippen molar-refractivity contribution in [1.82, 2.24) is 4.31 Å². The van der Waals surface area contributed by atoms with Crippen LogP contribution in [0.5, 0.6) is 5.75 Å². The molecule has 0 aromatic heterocycles. The number of nitrogens with zero attached hydrogens (tertiary/aromatic N) is 1. The molecule has 3 atom stereocenters. The highest BCUT2D eigenvalue weighted by molar-refractivity contribution is 7.89. The molecule has 8 heteroatoms. The van der Waals surface area contributed by atoms with Gasteiger partial charge in [-0.05, 0) is 44.5 Å². The van der Waals surface area contributed by atoms with E-state index < -0.39 is 28.5 Å². The van der Waals surface area contributed by atoms with Crippen LogP contribution in [0.25, 0.3) is 0 Å². The van der Waals surface area contributed by atoms with Crippen molar-refractivity contribution in [3.63, 3.8) is 0 Å². The molecule has 31 heavy (non-hydrogen) atoms. The normalized spacial score (nSPS) is 21.4. The fourth-order valence-electron chi connectivity index (χ4n) is 4.14. The summed E-state index contributed by atoms with van der Waals surface area (Å²) in [6.07, 6.45) is -1.37. The molecule has 0 bridgehead atoms. The van der Waals surface area contributed by atoms with Gasteiger partial charge in [0.25, 0.3) is 0 Å². The van der Waals surface area contributed by atoms with Crippen LogP contribution in [0.15, 0.2) is 47.4 Å². The van der Waals surface area contributed by atoms with Crippen LogP contribution in [0.1, 0.15) is 42.7 Å². The molecule has 0 N–H and O–H groups in total. The molecule has 0 amide bonds. The van der Waals surface area contributed by atoms with Crippen molar-refractivity contribution in [2.24, 2.45) is 0 Å². The SMILES string of the molecule is COc1cccc2c1[C@H](C)O[C@@H](C)[C@H]2N(CC(OC)OC)S(=O)(=O)c1ccc(C)cc1. The molecule has 7 nitrogen and oxygen atoms in total. The van der Waals surface area contributed by atoms with Crippen LogP contribution in [0.3, 0.4) is 0 Å². The van der Waals surface area contributed by atoms with E-state index in [1.165, 1.54) is 18.5 Å². The third-order valence-electron chi connectivity index (χ3n) is 5.70. The third kappa shape index (κ3) is 4.63. The van der Waals surface area contributed by atoms with Gasteiger partial charge in [0, 0.05) is 19.8 Å². The number of fused-ring (bicyclic) bond motifs is 1. The minimum atomic E-state index is -3.89. The maximum Gasteiger partial charge on any atom is 0.243 e. The van der Waals surface area contributed by atoms with E-state index in [0.717, 1.165) is 16.7 Å². The Hall–Kier alpha value is -1.97. The number of hydrogen-bond donors (Lipinski definition) is 0. The lowest BCUT2D eigenvalue weighted by molar-refractivity contribution is -0.120. The monoisotopic (exact) mass is 449 g/mol. The number of methoxy groups -OCH3 is 3. The predicted octanol–water partition coefficient (Wildman–Crippen LogP) is 3.83. The molecule has 0 radical (unpaired) electrons. The van der Waals surface area contributed by atoms with Crippen LogP contribution in [-0.4, -0.2) is 53.0 Å². The fourth-order valence-corrected chi connectivity index (χ4v) is 5.79. The van der Waals surface area contributed by atoms with E-state index in [2.05, 4.69) is 0 Å². The first-order valence-electron chi connectivity index (χ1n) is 10.2. The van der Waals surface area contributed by atoms with E-state index in [1.54, 1.807) is 31.4 Å². The zero-order valence-corrected chi connectivity index (χ0v) is 19.7. The van der Waals surface area contributed by atoms with E-state index >= 15 is 0 Å². The standard InChI is InChI=1S/C23H31NO6S/c1-15-10-12-18(13-11-15)31(25,26)24(14-21(28-5)29-6)23-17(3)30-16(2)22-19(23)8-7-9-20(22)27-4/h7-13,16-17,21,23H,14H2,1-6H3/t16-,17-,23+/m0/s1. The number of aryl methyl sites for hydroxylation is 1. The quantitative estimate of drug-likeness (QED) is 0.570. The lowest BCUT2D eigenvalue weighted by atomic mass is 9.90. The molecule has 1 heterocycles. The summed E-state index contributed by atoms with van der Waals surface area (Å²) in [6.45, 7) is 5.75. The average Bonchev–Trinajstić information content (AvgIpc) is 2.75. The average molecular weight is 450 g/mol. The molecule has 1 aliphatic rings. The smallest absolute Gasteiger partial charge is 0.243 e. The highest BCUT2D eigenvalue weighted by atomic mass is 32.2. The lowest BCUT2D eigenvalue weighted by Gasteiger charge is -2.42. The molecule has 170 valence electrons. The Balaban J connectivity index is 2.18. The summed E-state index contributed by atoms with van der Waals surface area (Å²) >= 11 is 0. The van der Waals surface area contributed by atoms with Crippen LogP contribution < -0.4 is 4.74 Å². The van der Waals surface area contributed by atoms with Crippen molar-refractivity contribution >= 4 is 10.0 Å². The molecule has 0 saturated carbocycles. The van der Waals surface area contributed by atoms with Crippen molar-refractivity contribution in [2.45, 2.75) is 50.2 Å². The number of rotatable bonds is 8. The van der Waals surface area contributed by atoms with Crippen LogP contribution in [0.4, 0.5) is 0 Å². The summed E-state index contributed by atoms with van der Waals surface area (Å²) in [5, 5.41) is 0. The third-order valence-corrected chi connectivity index (χ3v) is 7.56. The summed E-state index contributed by atoms with van der Waals surface area (Å²) < 4.78 is 51.5. The van der Waals surface area contributed by atoms with Crippen molar-refractivity contribution in [2.75, 3.05) is 27.9 Å². The van der Waals surface area contributed by atoms with Crippen LogP contribution >= 0.6 is 0 Å². The molecule has 0 unspecified atom stereocenters. The maximum absolute atomic E-state index is 13.8. The van der Waals surface area contributed by atoms with Gasteiger partial charge in [-0.15, -0.1) is 0 Å². The Morgan fingerprint density at radius 3 is 2.26 bits per heavy atom. The predicted molar refractivity (Wildman–Crippen MR) is 118 cm³/mol. The van der Waals surface area contributed by atoms with Crippen molar-refractivity contribution in [3.8, 4) is 5.75 Å². The fraction of sp³-hybridized carbons (Fsp3) is 0.478. The maximum atomic E-state index is 13.8. The van der Waals surface area contributed by atoms with Gasteiger partial charge >= 0.3 is 0 Å². The van der Waals surface area contributed by atoms with Gasteiger partial charge < -0.3 is 18.9 Å². The van der Waals surface area contributed by atoms with E-state index in [9.17, 15) is 8.42 Å². The summed E-state index contributed by atoms with van der Waals surface area (Å²) in [4.78, 5) is 0.208. The van der Waals surface area contributed by atoms with Crippen LogP contribution in [0.2, 0.25) is 0 Å². The largest absolute Gasteiger partial charge is 0.496 e. The first-order valence-corrected chi connectivity index (χ1v) is 11.6. The molecule has 0 aliphatic carbocycles. The van der Waals surface area contributed by atoms with E-state index in [4.69, 9.17) is 18.9 Å². The van der Waals surface area contributed by atoms with Gasteiger partial charge in [0.2, 0.25) is 10.0 Å². The highest BCUT2D eigenvalue weighted by Crippen LogP contribution is 2.45. The van der Waals surface area contributed by atoms with E-state index in [-0.39, 0.29) is 17.5 Å². The Bertz CT molecular complexity index is 988. The van der Waals surface area contributed by atoms with Gasteiger partial charge in [-0.1, -0.05) is 29.8 Å². The minimum absolute atomic E-state index is 0.00655. The molecule has 2 aromatic carbocycles. The number of ether oxygens (including phenoxy) is 4. The zero-order valence-electron chi connectivity index (χ0n) is 18.9. The van der Waals surface area contributed by atoms with E-state index in [1.807, 2.05) is 39.0 Å². The molecule has 3 rings (SSSR count). The second kappa shape index (κ2) is 9.67. The van der Waals surface area contributed by atoms with Gasteiger partial charge in [0.05, 0.1) is 36.8 Å². The number of benzene rings is 2. The van der Waals surface area contributed by atoms with Gasteiger partial charge in [-0.25, -0.2) is 8.42 Å². The van der Waals surface area contributed by atoms with Gasteiger partial charge in [0.1, 0.15) is 5.75 Å². The Kier molecular flexibility index (Phi) is 7.39. The highest BCUT2D eigenvalue weighted by Gasteiger charge is 2.43. The molecule has 2 aromatic rings. The lowest BCUT2D eigenvalue weighted by Crippen LogP contribution is -2.47. The van der Waals surface area contributed by atoms with Gasteiger partial charge in [-0.3, -0.25) is 0 Å². The number of sulfonamides is 1. The summed E-state index contributed by atoms with van der Waals surface area (Å²) in [5.74, 6) is 0.671. The molecular formula is C23H31NO6S. The van der Waals surface area contributed by atoms with Crippen molar-refractivity contribution in [3.05, 3.63) is 59.2 Å². The second-order valence-electron chi connectivity index (χ2n) is 7.68. The molecule has 0 fully saturated rings. The van der Waals surface area contributed by atoms with Crippen molar-refractivity contribution < 1.29 is 27.4 Å². The second-order valence-corrected chi connectivity index (χ2v) is 9.57. The Labute approximate surface area is 184 Å². The van der Waals surface area contributed by atoms with Gasteiger partial charge in [-0.2, -0.15) is 4.31 Å². The van der Waals surface area contributed by atoms with Gasteiger partial charge in [0.15, 0.2) is 6.29 Å². The first-order chi connectivity index (χ1) is 14.7. The molecule has 0 saturated heterocycles. The summed E-state index contributed by atoms with van der Waals surface area (Å²) in [7, 11) is 0.688. The molecule has 0 spiro atoms. The molecule has 1 aliphatic heterocycles. The number of hydrogen-bond acceptors (Lipinski definition) is 6.